The first-order chi connectivity index (χ1) is 19.1. The van der Waals surface area contributed by atoms with Crippen molar-refractivity contribution >= 4 is 50.2 Å². The first-order valence-electron chi connectivity index (χ1n) is 13.1. The lowest BCUT2D eigenvalue weighted by atomic mass is 9.99. The zero-order valence-corrected chi connectivity index (χ0v) is 23.9. The highest BCUT2D eigenvalue weighted by Crippen LogP contribution is 2.38. The van der Waals surface area contributed by atoms with E-state index in [0.29, 0.717) is 52.5 Å². The van der Waals surface area contributed by atoms with Crippen molar-refractivity contribution in [2.24, 2.45) is 0 Å². The molecule has 4 rings (SSSR count). The van der Waals surface area contributed by atoms with Crippen LogP contribution in [0.4, 0.5) is 17.1 Å². The standard InChI is InChI=1S/C30H34N4O5S/c1-5-39-30(36)22-12-17-25-26(20-22)32-29(35)27(25)28(21-10-8-7-9-11-21)31-23-13-15-24(16-14-23)34(19-18-33(3)4)40(37,38)6-2/h7-17,20,31H,5-6,18-19H2,1-4H3,(H,32,35). The predicted molar refractivity (Wildman–Crippen MR) is 160 cm³/mol. The molecule has 1 aliphatic heterocycles. The minimum absolute atomic E-state index is 0.00289. The SMILES string of the molecule is CCOC(=O)c1ccc2c(c1)NC(=O)C2=C(Nc1ccc(N(CCN(C)C)S(=O)(=O)CC)cc1)c1ccccc1. The maximum absolute atomic E-state index is 13.3. The number of nitrogens with zero attached hydrogens (tertiary/aromatic N) is 2. The summed E-state index contributed by atoms with van der Waals surface area (Å²) < 4.78 is 32.1. The molecule has 3 aromatic carbocycles. The molecular weight excluding hydrogens is 528 g/mol. The van der Waals surface area contributed by atoms with Gasteiger partial charge in [-0.25, -0.2) is 13.2 Å². The van der Waals surface area contributed by atoms with Gasteiger partial charge in [0.25, 0.3) is 5.91 Å². The third-order valence-corrected chi connectivity index (χ3v) is 8.26. The lowest BCUT2D eigenvalue weighted by Crippen LogP contribution is -2.37. The first kappa shape index (κ1) is 28.8. The summed E-state index contributed by atoms with van der Waals surface area (Å²) in [5.41, 5.74) is 4.59. The van der Waals surface area contributed by atoms with Crippen molar-refractivity contribution in [2.45, 2.75) is 13.8 Å². The highest BCUT2D eigenvalue weighted by Gasteiger charge is 2.29. The Labute approximate surface area is 235 Å². The third-order valence-electron chi connectivity index (χ3n) is 6.46. The molecule has 9 nitrogen and oxygen atoms in total. The molecule has 0 saturated carbocycles. The van der Waals surface area contributed by atoms with E-state index in [9.17, 15) is 18.0 Å². The van der Waals surface area contributed by atoms with E-state index >= 15 is 0 Å². The van der Waals surface area contributed by atoms with Crippen LogP contribution in [0.2, 0.25) is 0 Å². The number of anilines is 3. The molecule has 0 aliphatic carbocycles. The molecule has 40 heavy (non-hydrogen) atoms. The average molecular weight is 563 g/mol. The van der Waals surface area contributed by atoms with Crippen molar-refractivity contribution in [3.8, 4) is 0 Å². The summed E-state index contributed by atoms with van der Waals surface area (Å²) in [5.74, 6) is -0.761. The summed E-state index contributed by atoms with van der Waals surface area (Å²) in [5, 5.41) is 6.26. The molecule has 0 spiro atoms. The number of carbonyl (C=O) groups is 2. The maximum atomic E-state index is 13.3. The van der Waals surface area contributed by atoms with Gasteiger partial charge < -0.3 is 20.3 Å². The third kappa shape index (κ3) is 6.35. The molecule has 10 heteroatoms. The predicted octanol–water partition coefficient (Wildman–Crippen LogP) is 4.51. The Morgan fingerprint density at radius 3 is 2.25 bits per heavy atom. The van der Waals surface area contributed by atoms with Crippen molar-refractivity contribution in [3.63, 3.8) is 0 Å². The van der Waals surface area contributed by atoms with Crippen LogP contribution in [0.5, 0.6) is 0 Å². The number of hydrogen-bond donors (Lipinski definition) is 2. The summed E-state index contributed by atoms with van der Waals surface area (Å²) >= 11 is 0. The van der Waals surface area contributed by atoms with E-state index in [1.165, 1.54) is 4.31 Å². The van der Waals surface area contributed by atoms with Crippen LogP contribution >= 0.6 is 0 Å². The van der Waals surface area contributed by atoms with E-state index < -0.39 is 16.0 Å². The van der Waals surface area contributed by atoms with Gasteiger partial charge in [0.2, 0.25) is 10.0 Å². The van der Waals surface area contributed by atoms with Crippen LogP contribution in [0.1, 0.15) is 35.3 Å². The Morgan fingerprint density at radius 2 is 1.62 bits per heavy atom. The fourth-order valence-electron chi connectivity index (χ4n) is 4.38. The second-order valence-electron chi connectivity index (χ2n) is 9.50. The lowest BCUT2D eigenvalue weighted by molar-refractivity contribution is -0.110. The first-order valence-corrected chi connectivity index (χ1v) is 14.7. The quantitative estimate of drug-likeness (QED) is 0.261. The molecule has 0 saturated heterocycles. The number of ether oxygens (including phenoxy) is 1. The van der Waals surface area contributed by atoms with Gasteiger partial charge in [-0.1, -0.05) is 36.4 Å². The second-order valence-corrected chi connectivity index (χ2v) is 11.7. The fourth-order valence-corrected chi connectivity index (χ4v) is 5.49. The average Bonchev–Trinajstić information content (AvgIpc) is 3.27. The van der Waals surface area contributed by atoms with Crippen LogP contribution in [-0.2, 0) is 19.6 Å². The Balaban J connectivity index is 1.72. The molecule has 0 radical (unpaired) electrons. The normalized spacial score (nSPS) is 14.0. The minimum Gasteiger partial charge on any atom is -0.462 e. The van der Waals surface area contributed by atoms with Crippen LogP contribution in [0, 0.1) is 0 Å². The number of benzene rings is 3. The highest BCUT2D eigenvalue weighted by molar-refractivity contribution is 7.92. The van der Waals surface area contributed by atoms with Crippen LogP contribution in [0.15, 0.2) is 72.8 Å². The van der Waals surface area contributed by atoms with Crippen molar-refractivity contribution < 1.29 is 22.7 Å². The number of sulfonamides is 1. The molecule has 210 valence electrons. The number of esters is 1. The zero-order valence-electron chi connectivity index (χ0n) is 23.1. The van der Waals surface area contributed by atoms with E-state index in [1.807, 2.05) is 49.3 Å². The maximum Gasteiger partial charge on any atom is 0.338 e. The van der Waals surface area contributed by atoms with E-state index in [4.69, 9.17) is 4.74 Å². The van der Waals surface area contributed by atoms with Gasteiger partial charge in [0.05, 0.1) is 40.6 Å². The Hall–Kier alpha value is -4.15. The summed E-state index contributed by atoms with van der Waals surface area (Å²) in [4.78, 5) is 27.4. The molecule has 0 atom stereocenters. The van der Waals surface area contributed by atoms with Gasteiger partial charge in [0, 0.05) is 24.3 Å². The number of rotatable bonds is 11. The molecule has 0 bridgehead atoms. The Kier molecular flexibility index (Phi) is 8.91. The number of fused-ring (bicyclic) bond motifs is 1. The number of likely N-dealkylation sites (N-methyl/N-ethyl adjacent to an activating group) is 1. The van der Waals surface area contributed by atoms with Gasteiger partial charge in [-0.05, 0) is 69.9 Å². The second kappa shape index (κ2) is 12.4. The lowest BCUT2D eigenvalue weighted by Gasteiger charge is -2.25. The molecule has 1 aliphatic rings. The molecule has 0 fully saturated rings. The van der Waals surface area contributed by atoms with Crippen LogP contribution < -0.4 is 14.9 Å². The monoisotopic (exact) mass is 562 g/mol. The summed E-state index contributed by atoms with van der Waals surface area (Å²) in [7, 11) is 0.336. The van der Waals surface area contributed by atoms with Crippen molar-refractivity contribution in [1.29, 1.82) is 0 Å². The van der Waals surface area contributed by atoms with E-state index in [-0.39, 0.29) is 18.3 Å². The Bertz CT molecular complexity index is 1520. The molecule has 3 aromatic rings. The molecule has 2 N–H and O–H groups in total. The van der Waals surface area contributed by atoms with E-state index in [0.717, 1.165) is 5.56 Å². The summed E-state index contributed by atoms with van der Waals surface area (Å²) in [6.45, 7) is 4.54. The van der Waals surface area contributed by atoms with E-state index in [1.54, 1.807) is 56.3 Å². The largest absolute Gasteiger partial charge is 0.462 e. The number of amides is 1. The van der Waals surface area contributed by atoms with Gasteiger partial charge in [-0.15, -0.1) is 0 Å². The summed E-state index contributed by atoms with van der Waals surface area (Å²) in [6.07, 6.45) is 0. The minimum atomic E-state index is -3.46. The topological polar surface area (TPSA) is 108 Å². The van der Waals surface area contributed by atoms with Crippen LogP contribution in [0.3, 0.4) is 0 Å². The Morgan fingerprint density at radius 1 is 0.925 bits per heavy atom. The smallest absolute Gasteiger partial charge is 0.338 e. The highest BCUT2D eigenvalue weighted by atomic mass is 32.2. The molecule has 0 unspecified atom stereocenters. The number of nitrogens with one attached hydrogen (secondary N) is 2. The van der Waals surface area contributed by atoms with Gasteiger partial charge in [0.15, 0.2) is 0 Å². The molecule has 1 heterocycles. The molecule has 0 aromatic heterocycles. The van der Waals surface area contributed by atoms with E-state index in [2.05, 4.69) is 10.6 Å². The molecule has 1 amide bonds. The van der Waals surface area contributed by atoms with Crippen molar-refractivity contribution in [2.75, 3.05) is 54.5 Å². The van der Waals surface area contributed by atoms with Crippen molar-refractivity contribution in [3.05, 3.63) is 89.5 Å². The van der Waals surface area contributed by atoms with Gasteiger partial charge in [-0.2, -0.15) is 0 Å². The summed E-state index contributed by atoms with van der Waals surface area (Å²) in [6, 6.07) is 21.6. The molecular formula is C30H34N4O5S. The van der Waals surface area contributed by atoms with Crippen LogP contribution in [0.25, 0.3) is 11.3 Å². The van der Waals surface area contributed by atoms with Crippen LogP contribution in [-0.4, -0.2) is 64.7 Å². The van der Waals surface area contributed by atoms with Gasteiger partial charge >= 0.3 is 5.97 Å². The zero-order chi connectivity index (χ0) is 28.9. The number of hydrogen-bond acceptors (Lipinski definition) is 7. The fraction of sp³-hybridized carbons (Fsp3) is 0.267. The van der Waals surface area contributed by atoms with Gasteiger partial charge in [0.1, 0.15) is 0 Å². The van der Waals surface area contributed by atoms with Crippen molar-refractivity contribution in [1.82, 2.24) is 4.90 Å². The number of carbonyl (C=O) groups excluding carboxylic acids is 2. The van der Waals surface area contributed by atoms with Gasteiger partial charge in [-0.3, -0.25) is 9.10 Å².